The van der Waals surface area contributed by atoms with Gasteiger partial charge >= 0.3 is 0 Å². The maximum atomic E-state index is 14.2. The summed E-state index contributed by atoms with van der Waals surface area (Å²) in [7, 11) is -4.10. The van der Waals surface area contributed by atoms with Crippen LogP contribution in [0.4, 0.5) is 5.82 Å². The van der Waals surface area contributed by atoms with E-state index in [9.17, 15) is 13.2 Å². The minimum absolute atomic E-state index is 0.0773. The zero-order valence-corrected chi connectivity index (χ0v) is 22.7. The maximum Gasteiger partial charge on any atom is 0.258 e. The van der Waals surface area contributed by atoms with Crippen LogP contribution in [0.15, 0.2) is 82.6 Å². The van der Waals surface area contributed by atoms with Gasteiger partial charge in [-0.2, -0.15) is 0 Å². The number of hydrogen-bond donors (Lipinski definition) is 1. The highest BCUT2D eigenvalue weighted by atomic mass is 35.5. The lowest BCUT2D eigenvalue weighted by molar-refractivity contribution is 0.102. The number of anilines is 1. The zero-order valence-electron chi connectivity index (χ0n) is 21.1. The number of fused-ring (bicyclic) bond motifs is 2. The third-order valence-corrected chi connectivity index (χ3v) is 8.59. The summed E-state index contributed by atoms with van der Waals surface area (Å²) in [5, 5.41) is 3.14. The molecule has 0 fully saturated rings. The monoisotopic (exact) mass is 546 g/mol. The molecule has 7 nitrogen and oxygen atoms in total. The molecule has 5 rings (SSSR count). The molecule has 0 bridgehead atoms. The number of aromatic nitrogens is 3. The smallest absolute Gasteiger partial charge is 0.258 e. The van der Waals surface area contributed by atoms with Gasteiger partial charge in [-0.05, 0) is 49.7 Å². The largest absolute Gasteiger partial charge is 0.309 e. The average Bonchev–Trinajstić information content (AvgIpc) is 3.20. The number of carbonyl (C=O) groups excluding carboxylic acids is 1. The van der Waals surface area contributed by atoms with Crippen LogP contribution in [0.1, 0.15) is 42.1 Å². The first-order valence-corrected chi connectivity index (χ1v) is 14.3. The van der Waals surface area contributed by atoms with Crippen LogP contribution in [0, 0.1) is 6.92 Å². The van der Waals surface area contributed by atoms with E-state index in [1.807, 2.05) is 25.1 Å². The number of benzene rings is 3. The molecular weight excluding hydrogens is 520 g/mol. The second-order valence-electron chi connectivity index (χ2n) is 9.17. The van der Waals surface area contributed by atoms with Crippen molar-refractivity contribution in [3.8, 4) is 0 Å². The molecule has 0 aliphatic carbocycles. The minimum Gasteiger partial charge on any atom is -0.309 e. The quantitative estimate of drug-likeness (QED) is 0.215. The number of aryl methyl sites for hydroxylation is 2. The van der Waals surface area contributed by atoms with Crippen molar-refractivity contribution >= 4 is 55.4 Å². The molecule has 1 N–H and O–H groups in total. The third kappa shape index (κ3) is 4.77. The van der Waals surface area contributed by atoms with Gasteiger partial charge in [0.2, 0.25) is 9.84 Å². The summed E-state index contributed by atoms with van der Waals surface area (Å²) in [4.78, 5) is 23.0. The van der Waals surface area contributed by atoms with Crippen LogP contribution in [0.25, 0.3) is 22.2 Å². The van der Waals surface area contributed by atoms with Crippen molar-refractivity contribution < 1.29 is 13.2 Å². The number of amides is 1. The Hall–Kier alpha value is -3.75. The van der Waals surface area contributed by atoms with E-state index in [1.165, 1.54) is 0 Å². The highest BCUT2D eigenvalue weighted by Gasteiger charge is 2.32. The fourth-order valence-electron chi connectivity index (χ4n) is 4.44. The maximum absolute atomic E-state index is 14.2. The van der Waals surface area contributed by atoms with Crippen molar-refractivity contribution in [2.75, 3.05) is 5.32 Å². The molecule has 38 heavy (non-hydrogen) atoms. The number of rotatable bonds is 8. The molecule has 0 aliphatic heterocycles. The fourth-order valence-corrected chi connectivity index (χ4v) is 6.20. The minimum atomic E-state index is -4.10. The molecule has 0 saturated carbocycles. The van der Waals surface area contributed by atoms with Gasteiger partial charge in [-0.1, -0.05) is 73.3 Å². The first-order chi connectivity index (χ1) is 18.3. The number of para-hydroxylation sites is 2. The summed E-state index contributed by atoms with van der Waals surface area (Å²) in [6.07, 6.45) is 2.68. The van der Waals surface area contributed by atoms with Gasteiger partial charge in [0.05, 0.1) is 26.5 Å². The number of hydrogen-bond acceptors (Lipinski definition) is 5. The summed E-state index contributed by atoms with van der Waals surface area (Å²) >= 11 is 6.31. The summed E-state index contributed by atoms with van der Waals surface area (Å²) in [5.74, 6) is -0.378. The number of unbranched alkanes of at least 4 members (excludes halogenated alkanes) is 2. The first-order valence-electron chi connectivity index (χ1n) is 12.5. The summed E-state index contributed by atoms with van der Waals surface area (Å²) in [5.41, 5.74) is 3.00. The third-order valence-electron chi connectivity index (χ3n) is 6.44. The van der Waals surface area contributed by atoms with E-state index in [2.05, 4.69) is 12.2 Å². The van der Waals surface area contributed by atoms with Crippen molar-refractivity contribution in [2.45, 2.75) is 49.4 Å². The van der Waals surface area contributed by atoms with Gasteiger partial charge in [-0.3, -0.25) is 4.79 Å². The summed E-state index contributed by atoms with van der Waals surface area (Å²) < 4.78 is 30.1. The Kier molecular flexibility index (Phi) is 7.19. The van der Waals surface area contributed by atoms with Crippen molar-refractivity contribution in [3.63, 3.8) is 0 Å². The van der Waals surface area contributed by atoms with E-state index in [0.717, 1.165) is 24.8 Å². The summed E-state index contributed by atoms with van der Waals surface area (Å²) in [6, 6.07) is 20.6. The van der Waals surface area contributed by atoms with Gasteiger partial charge in [0.1, 0.15) is 16.2 Å². The molecule has 2 heterocycles. The molecule has 0 aliphatic rings. The Morgan fingerprint density at radius 1 is 0.921 bits per heavy atom. The Labute approximate surface area is 226 Å². The Bertz CT molecular complexity index is 1760. The van der Waals surface area contributed by atoms with E-state index < -0.39 is 15.7 Å². The number of halogens is 1. The molecule has 5 aromatic rings. The molecule has 9 heteroatoms. The Morgan fingerprint density at radius 2 is 1.58 bits per heavy atom. The standard InChI is InChI=1S/C29H27ClN4O3S/c1-3-4-9-18-34-27-25(31-23-12-7-8-13-24(23)32-27)26(38(36,37)20-16-14-19(2)15-17-20)28(34)33-29(35)21-10-5-6-11-22(21)30/h5-8,10-17H,3-4,9,18H2,1-2H3,(H,33,35). The molecule has 0 radical (unpaired) electrons. The van der Waals surface area contributed by atoms with Gasteiger partial charge in [0.15, 0.2) is 5.65 Å². The van der Waals surface area contributed by atoms with E-state index in [-0.39, 0.29) is 31.7 Å². The number of sulfone groups is 1. The molecule has 2 aromatic heterocycles. The van der Waals surface area contributed by atoms with Crippen molar-refractivity contribution in [1.29, 1.82) is 0 Å². The lowest BCUT2D eigenvalue weighted by atomic mass is 10.2. The SMILES string of the molecule is CCCCCn1c(NC(=O)c2ccccc2Cl)c(S(=O)(=O)c2ccc(C)cc2)c2nc3ccccc3nc21. The van der Waals surface area contributed by atoms with Crippen LogP contribution < -0.4 is 5.32 Å². The molecule has 0 unspecified atom stereocenters. The van der Waals surface area contributed by atoms with Crippen LogP contribution in [0.3, 0.4) is 0 Å². The molecular formula is C29H27ClN4O3S. The molecule has 0 saturated heterocycles. The Balaban J connectivity index is 1.81. The van der Waals surface area contributed by atoms with E-state index in [1.54, 1.807) is 59.2 Å². The lowest BCUT2D eigenvalue weighted by Crippen LogP contribution is -2.18. The topological polar surface area (TPSA) is 94.0 Å². The predicted octanol–water partition coefficient (Wildman–Crippen LogP) is 6.82. The lowest BCUT2D eigenvalue weighted by Gasteiger charge is -2.14. The van der Waals surface area contributed by atoms with E-state index in [4.69, 9.17) is 21.6 Å². The molecule has 0 atom stereocenters. The average molecular weight is 547 g/mol. The van der Waals surface area contributed by atoms with Crippen LogP contribution in [-0.2, 0) is 16.4 Å². The van der Waals surface area contributed by atoms with Crippen LogP contribution in [-0.4, -0.2) is 28.9 Å². The van der Waals surface area contributed by atoms with Crippen LogP contribution >= 0.6 is 11.6 Å². The number of nitrogens with one attached hydrogen (secondary N) is 1. The summed E-state index contributed by atoms with van der Waals surface area (Å²) in [6.45, 7) is 4.44. The molecule has 1 amide bonds. The predicted molar refractivity (Wildman–Crippen MR) is 151 cm³/mol. The highest BCUT2D eigenvalue weighted by molar-refractivity contribution is 7.92. The van der Waals surface area contributed by atoms with E-state index >= 15 is 0 Å². The highest BCUT2D eigenvalue weighted by Crippen LogP contribution is 2.38. The number of nitrogens with zero attached hydrogens (tertiary/aromatic N) is 3. The van der Waals surface area contributed by atoms with Crippen LogP contribution in [0.2, 0.25) is 5.02 Å². The second-order valence-corrected chi connectivity index (χ2v) is 11.5. The molecule has 3 aromatic carbocycles. The van der Waals surface area contributed by atoms with Gasteiger partial charge in [0.25, 0.3) is 5.91 Å². The second kappa shape index (κ2) is 10.6. The Morgan fingerprint density at radius 3 is 2.26 bits per heavy atom. The number of carbonyl (C=O) groups is 1. The normalized spacial score (nSPS) is 11.8. The first kappa shape index (κ1) is 25.9. The fraction of sp³-hybridized carbons (Fsp3) is 0.207. The van der Waals surface area contributed by atoms with Crippen molar-refractivity contribution in [3.05, 3.63) is 88.9 Å². The molecule has 0 spiro atoms. The van der Waals surface area contributed by atoms with Gasteiger partial charge in [-0.25, -0.2) is 18.4 Å². The van der Waals surface area contributed by atoms with E-state index in [0.29, 0.717) is 23.2 Å². The van der Waals surface area contributed by atoms with Gasteiger partial charge in [0, 0.05) is 6.54 Å². The molecule has 194 valence electrons. The zero-order chi connectivity index (χ0) is 26.9. The van der Waals surface area contributed by atoms with Crippen molar-refractivity contribution in [2.24, 2.45) is 0 Å². The van der Waals surface area contributed by atoms with Crippen LogP contribution in [0.5, 0.6) is 0 Å². The van der Waals surface area contributed by atoms with Crippen molar-refractivity contribution in [1.82, 2.24) is 14.5 Å². The van der Waals surface area contributed by atoms with Gasteiger partial charge < -0.3 is 9.88 Å². The van der Waals surface area contributed by atoms with Gasteiger partial charge in [-0.15, -0.1) is 0 Å².